The van der Waals surface area contributed by atoms with Gasteiger partial charge in [-0.2, -0.15) is 0 Å². The number of hydrogen-bond acceptors (Lipinski definition) is 6. The first-order valence-corrected chi connectivity index (χ1v) is 11.9. The standard InChI is InChI=1S/C25H38N2O6/c1-7-13-27(23(4,5)6)21(30)19-25-12-11-24(9-3,33-25)18(22(31)32-16-8-2)17(25)20(29)26(19)14-10-15-28/h7-8,17-19,28H,1-2,9-16H2,3-6H3/t17-,18-,19?,24+,25?/m0/s1. The Morgan fingerprint density at radius 3 is 2.55 bits per heavy atom. The van der Waals surface area contributed by atoms with Crippen molar-refractivity contribution in [1.29, 1.82) is 0 Å². The van der Waals surface area contributed by atoms with Gasteiger partial charge in [-0.25, -0.2) is 0 Å². The van der Waals surface area contributed by atoms with Gasteiger partial charge in [-0.05, 0) is 46.5 Å². The van der Waals surface area contributed by atoms with E-state index in [1.807, 2.05) is 27.7 Å². The molecule has 3 saturated heterocycles. The molecule has 3 rings (SSSR count). The largest absolute Gasteiger partial charge is 0.461 e. The van der Waals surface area contributed by atoms with Gasteiger partial charge in [-0.15, -0.1) is 6.58 Å². The van der Waals surface area contributed by atoms with E-state index in [-0.39, 0.29) is 31.6 Å². The van der Waals surface area contributed by atoms with Gasteiger partial charge in [0.15, 0.2) is 0 Å². The second-order valence-corrected chi connectivity index (χ2v) is 10.3. The van der Waals surface area contributed by atoms with Gasteiger partial charge in [0.25, 0.3) is 0 Å². The third-order valence-electron chi connectivity index (χ3n) is 7.46. The van der Waals surface area contributed by atoms with Crippen molar-refractivity contribution < 1.29 is 29.0 Å². The summed E-state index contributed by atoms with van der Waals surface area (Å²) in [5.74, 6) is -2.54. The van der Waals surface area contributed by atoms with Crippen LogP contribution in [0.1, 0.15) is 53.4 Å². The number of amides is 2. The smallest absolute Gasteiger partial charge is 0.313 e. The lowest BCUT2D eigenvalue weighted by Crippen LogP contribution is -2.60. The van der Waals surface area contributed by atoms with Crippen molar-refractivity contribution >= 4 is 17.8 Å². The summed E-state index contributed by atoms with van der Waals surface area (Å²) in [7, 11) is 0. The van der Waals surface area contributed by atoms with E-state index in [2.05, 4.69) is 13.2 Å². The predicted octanol–water partition coefficient (Wildman–Crippen LogP) is 2.07. The zero-order valence-electron chi connectivity index (χ0n) is 20.3. The second-order valence-electron chi connectivity index (χ2n) is 10.3. The van der Waals surface area contributed by atoms with Crippen LogP contribution in [0.15, 0.2) is 25.3 Å². The Labute approximate surface area is 196 Å². The quantitative estimate of drug-likeness (QED) is 0.394. The zero-order chi connectivity index (χ0) is 24.6. The van der Waals surface area contributed by atoms with Crippen LogP contribution in [0, 0.1) is 11.8 Å². The molecule has 0 saturated carbocycles. The van der Waals surface area contributed by atoms with Crippen LogP contribution in [0.3, 0.4) is 0 Å². The van der Waals surface area contributed by atoms with Gasteiger partial charge in [0.2, 0.25) is 11.8 Å². The van der Waals surface area contributed by atoms with Crippen LogP contribution < -0.4 is 0 Å². The molecule has 1 N–H and O–H groups in total. The maximum absolute atomic E-state index is 14.1. The summed E-state index contributed by atoms with van der Waals surface area (Å²) in [6.07, 6.45) is 5.13. The Kier molecular flexibility index (Phi) is 7.10. The topological polar surface area (TPSA) is 96.4 Å². The summed E-state index contributed by atoms with van der Waals surface area (Å²) in [6, 6.07) is -0.869. The average Bonchev–Trinajstić information content (AvgIpc) is 3.36. The summed E-state index contributed by atoms with van der Waals surface area (Å²) in [4.78, 5) is 44.3. The molecule has 0 aromatic rings. The number of nitrogens with zero attached hydrogens (tertiary/aromatic N) is 2. The van der Waals surface area contributed by atoms with Crippen molar-refractivity contribution in [2.45, 2.75) is 76.2 Å². The highest BCUT2D eigenvalue weighted by atomic mass is 16.6. The number of aliphatic hydroxyl groups is 1. The van der Waals surface area contributed by atoms with Crippen LogP contribution in [0.2, 0.25) is 0 Å². The highest BCUT2D eigenvalue weighted by molar-refractivity contribution is 5.98. The average molecular weight is 463 g/mol. The molecule has 3 aliphatic heterocycles. The predicted molar refractivity (Wildman–Crippen MR) is 123 cm³/mol. The summed E-state index contributed by atoms with van der Waals surface area (Å²) in [5.41, 5.74) is -2.43. The molecule has 0 aliphatic carbocycles. The van der Waals surface area contributed by atoms with Gasteiger partial charge in [0.1, 0.15) is 24.2 Å². The van der Waals surface area contributed by atoms with Crippen LogP contribution in [0.4, 0.5) is 0 Å². The van der Waals surface area contributed by atoms with E-state index >= 15 is 0 Å². The van der Waals surface area contributed by atoms with E-state index in [1.54, 1.807) is 11.0 Å². The Morgan fingerprint density at radius 1 is 1.30 bits per heavy atom. The number of aliphatic hydroxyl groups excluding tert-OH is 1. The molecule has 0 radical (unpaired) electrons. The lowest BCUT2D eigenvalue weighted by molar-refractivity contribution is -0.162. The van der Waals surface area contributed by atoms with Crippen molar-refractivity contribution in [3.05, 3.63) is 25.3 Å². The molecule has 2 unspecified atom stereocenters. The number of carbonyl (C=O) groups is 3. The molecule has 184 valence electrons. The third-order valence-corrected chi connectivity index (χ3v) is 7.46. The lowest BCUT2D eigenvalue weighted by Gasteiger charge is -2.42. The van der Waals surface area contributed by atoms with Gasteiger partial charge in [-0.3, -0.25) is 14.4 Å². The zero-order valence-corrected chi connectivity index (χ0v) is 20.3. The minimum absolute atomic E-state index is 0.0523. The number of esters is 1. The van der Waals surface area contributed by atoms with Gasteiger partial charge >= 0.3 is 5.97 Å². The number of fused-ring (bicyclic) bond motifs is 1. The van der Waals surface area contributed by atoms with Crippen molar-refractivity contribution in [3.63, 3.8) is 0 Å². The lowest BCUT2D eigenvalue weighted by atomic mass is 9.65. The van der Waals surface area contributed by atoms with E-state index < -0.39 is 40.6 Å². The van der Waals surface area contributed by atoms with E-state index in [0.29, 0.717) is 32.2 Å². The Balaban J connectivity index is 2.10. The number of hydrogen-bond donors (Lipinski definition) is 1. The van der Waals surface area contributed by atoms with Crippen LogP contribution >= 0.6 is 0 Å². The molecule has 1 spiro atoms. The Morgan fingerprint density at radius 2 is 2.00 bits per heavy atom. The first-order chi connectivity index (χ1) is 15.5. The normalized spacial score (nSPS) is 32.6. The molecule has 5 atom stereocenters. The maximum atomic E-state index is 14.1. The molecule has 3 aliphatic rings. The first-order valence-electron chi connectivity index (χ1n) is 11.9. The molecule has 2 bridgehead atoms. The first kappa shape index (κ1) is 25.4. The molecule has 8 nitrogen and oxygen atoms in total. The molecular weight excluding hydrogens is 424 g/mol. The molecular formula is C25H38N2O6. The highest BCUT2D eigenvalue weighted by Gasteiger charge is 2.79. The summed E-state index contributed by atoms with van der Waals surface area (Å²) < 4.78 is 12.1. The minimum Gasteiger partial charge on any atom is -0.461 e. The van der Waals surface area contributed by atoms with Crippen molar-refractivity contribution in [2.24, 2.45) is 11.8 Å². The highest BCUT2D eigenvalue weighted by Crippen LogP contribution is 2.64. The number of carbonyl (C=O) groups excluding carboxylic acids is 3. The summed E-state index contributed by atoms with van der Waals surface area (Å²) >= 11 is 0. The molecule has 3 fully saturated rings. The third kappa shape index (κ3) is 3.91. The van der Waals surface area contributed by atoms with Gasteiger partial charge in [0, 0.05) is 25.2 Å². The SMILES string of the molecule is C=CCOC(=O)[C@@H]1[C@H]2C(=O)N(CCCO)C(C(=O)N(CC=C)C(C)(C)C)C23CC[C@@]1(CC)O3. The Hall–Kier alpha value is -2.19. The Bertz CT molecular complexity index is 820. The molecule has 0 aromatic carbocycles. The van der Waals surface area contributed by atoms with Crippen molar-refractivity contribution in [2.75, 3.05) is 26.3 Å². The van der Waals surface area contributed by atoms with E-state index in [4.69, 9.17) is 9.47 Å². The van der Waals surface area contributed by atoms with Gasteiger partial charge < -0.3 is 24.4 Å². The molecule has 2 amide bonds. The molecule has 8 heteroatoms. The number of likely N-dealkylation sites (tertiary alicyclic amines) is 1. The minimum atomic E-state index is -1.10. The van der Waals surface area contributed by atoms with Crippen molar-refractivity contribution in [1.82, 2.24) is 9.80 Å². The van der Waals surface area contributed by atoms with E-state index in [1.165, 1.54) is 11.0 Å². The molecule has 0 aromatic heterocycles. The van der Waals surface area contributed by atoms with Crippen LogP contribution in [0.5, 0.6) is 0 Å². The fourth-order valence-electron chi connectivity index (χ4n) is 6.04. The van der Waals surface area contributed by atoms with Crippen LogP contribution in [-0.4, -0.2) is 81.8 Å². The second kappa shape index (κ2) is 9.22. The fraction of sp³-hybridized carbons (Fsp3) is 0.720. The van der Waals surface area contributed by atoms with Crippen LogP contribution in [-0.2, 0) is 23.9 Å². The van der Waals surface area contributed by atoms with Gasteiger partial charge in [-0.1, -0.05) is 25.7 Å². The van der Waals surface area contributed by atoms with Crippen LogP contribution in [0.25, 0.3) is 0 Å². The van der Waals surface area contributed by atoms with E-state index in [0.717, 1.165) is 0 Å². The number of rotatable bonds is 10. The maximum Gasteiger partial charge on any atom is 0.313 e. The fourth-order valence-corrected chi connectivity index (χ4v) is 6.04. The summed E-state index contributed by atoms with van der Waals surface area (Å²) in [5, 5.41) is 9.45. The molecule has 33 heavy (non-hydrogen) atoms. The summed E-state index contributed by atoms with van der Waals surface area (Å²) in [6.45, 7) is 15.6. The van der Waals surface area contributed by atoms with Crippen molar-refractivity contribution in [3.8, 4) is 0 Å². The monoisotopic (exact) mass is 462 g/mol. The number of ether oxygens (including phenoxy) is 2. The molecule has 3 heterocycles. The van der Waals surface area contributed by atoms with Gasteiger partial charge in [0.05, 0.1) is 11.5 Å². The van der Waals surface area contributed by atoms with E-state index in [9.17, 15) is 19.5 Å².